The molecule has 0 radical (unpaired) electrons. The summed E-state index contributed by atoms with van der Waals surface area (Å²) in [4.78, 5) is 0. The number of methoxy groups -OCH3 is 1. The highest BCUT2D eigenvalue weighted by atomic mass is 16.5. The van der Waals surface area contributed by atoms with Crippen molar-refractivity contribution >= 4 is 0 Å². The Morgan fingerprint density at radius 3 is 2.50 bits per heavy atom. The van der Waals surface area contributed by atoms with Gasteiger partial charge < -0.3 is 4.74 Å². The fourth-order valence-corrected chi connectivity index (χ4v) is 0.896. The summed E-state index contributed by atoms with van der Waals surface area (Å²) < 4.78 is 5.21. The highest BCUT2D eigenvalue weighted by Gasteiger charge is 2.02. The molecule has 0 aliphatic carbocycles. The molecule has 0 spiro atoms. The van der Waals surface area contributed by atoms with Crippen LogP contribution in [-0.4, -0.2) is 13.2 Å². The minimum Gasteiger partial charge on any atom is -0.381 e. The third-order valence-corrected chi connectivity index (χ3v) is 1.68. The molecule has 60 valence electrons. The topological polar surface area (TPSA) is 9.23 Å². The standard InChI is InChI=1S/C9H18O/c1-5-9(10-4)7-6-8(2)3/h9H,2,5-7H2,1,3-4H3. The summed E-state index contributed by atoms with van der Waals surface area (Å²) in [5, 5.41) is 0. The van der Waals surface area contributed by atoms with Gasteiger partial charge in [-0.05, 0) is 26.2 Å². The third kappa shape index (κ3) is 4.57. The van der Waals surface area contributed by atoms with Gasteiger partial charge in [-0.3, -0.25) is 0 Å². The van der Waals surface area contributed by atoms with Gasteiger partial charge in [-0.15, -0.1) is 6.58 Å². The zero-order chi connectivity index (χ0) is 7.98. The zero-order valence-corrected chi connectivity index (χ0v) is 7.31. The van der Waals surface area contributed by atoms with E-state index in [1.807, 2.05) is 0 Å². The SMILES string of the molecule is C=C(C)CCC(CC)OC. The second-order valence-electron chi connectivity index (χ2n) is 2.76. The van der Waals surface area contributed by atoms with Crippen LogP contribution < -0.4 is 0 Å². The molecule has 0 amide bonds. The van der Waals surface area contributed by atoms with E-state index in [1.54, 1.807) is 7.11 Å². The molecule has 1 nitrogen and oxygen atoms in total. The highest BCUT2D eigenvalue weighted by molar-refractivity contribution is 4.88. The lowest BCUT2D eigenvalue weighted by atomic mass is 10.1. The molecule has 0 N–H and O–H groups in total. The van der Waals surface area contributed by atoms with Crippen molar-refractivity contribution in [2.24, 2.45) is 0 Å². The van der Waals surface area contributed by atoms with Crippen molar-refractivity contribution in [3.05, 3.63) is 12.2 Å². The third-order valence-electron chi connectivity index (χ3n) is 1.68. The van der Waals surface area contributed by atoms with E-state index in [0.717, 1.165) is 19.3 Å². The average Bonchev–Trinajstić information content (AvgIpc) is 1.90. The van der Waals surface area contributed by atoms with Gasteiger partial charge in [0, 0.05) is 7.11 Å². The first-order valence-electron chi connectivity index (χ1n) is 3.87. The molecule has 1 heteroatoms. The fourth-order valence-electron chi connectivity index (χ4n) is 0.896. The number of hydrogen-bond acceptors (Lipinski definition) is 1. The largest absolute Gasteiger partial charge is 0.381 e. The Balaban J connectivity index is 3.34. The Bertz CT molecular complexity index is 92.9. The molecule has 0 saturated carbocycles. The minimum absolute atomic E-state index is 0.427. The number of hydrogen-bond donors (Lipinski definition) is 0. The summed E-state index contributed by atoms with van der Waals surface area (Å²) in [5.41, 5.74) is 1.25. The van der Waals surface area contributed by atoms with Crippen LogP contribution in [-0.2, 0) is 4.74 Å². The zero-order valence-electron chi connectivity index (χ0n) is 7.31. The van der Waals surface area contributed by atoms with Crippen LogP contribution in [0.15, 0.2) is 12.2 Å². The first-order chi connectivity index (χ1) is 4.70. The van der Waals surface area contributed by atoms with E-state index in [9.17, 15) is 0 Å². The summed E-state index contributed by atoms with van der Waals surface area (Å²) >= 11 is 0. The van der Waals surface area contributed by atoms with Crippen molar-refractivity contribution in [3.63, 3.8) is 0 Å². The molecule has 0 aromatic carbocycles. The summed E-state index contributed by atoms with van der Waals surface area (Å²) in [6, 6.07) is 0. The number of rotatable bonds is 5. The molecule has 1 unspecified atom stereocenters. The van der Waals surface area contributed by atoms with Crippen LogP contribution in [0.1, 0.15) is 33.1 Å². The van der Waals surface area contributed by atoms with Crippen LogP contribution in [0.25, 0.3) is 0 Å². The smallest absolute Gasteiger partial charge is 0.0571 e. The molecule has 0 aliphatic rings. The molecule has 0 aliphatic heterocycles. The molecule has 0 bridgehead atoms. The van der Waals surface area contributed by atoms with E-state index in [1.165, 1.54) is 5.57 Å². The van der Waals surface area contributed by atoms with Crippen molar-refractivity contribution in [2.45, 2.75) is 39.2 Å². The van der Waals surface area contributed by atoms with Crippen LogP contribution in [0.3, 0.4) is 0 Å². The molecule has 0 saturated heterocycles. The molecular formula is C9H18O. The summed E-state index contributed by atoms with van der Waals surface area (Å²) in [6.07, 6.45) is 3.73. The molecule has 0 aromatic heterocycles. The summed E-state index contributed by atoms with van der Waals surface area (Å²) in [7, 11) is 1.77. The predicted molar refractivity (Wildman–Crippen MR) is 45.1 cm³/mol. The molecule has 0 fully saturated rings. The summed E-state index contributed by atoms with van der Waals surface area (Å²) in [5.74, 6) is 0. The Hall–Kier alpha value is -0.300. The van der Waals surface area contributed by atoms with Gasteiger partial charge in [-0.25, -0.2) is 0 Å². The summed E-state index contributed by atoms with van der Waals surface area (Å²) in [6.45, 7) is 8.04. The van der Waals surface area contributed by atoms with Gasteiger partial charge in [0.1, 0.15) is 0 Å². The Kier molecular flexibility index (Phi) is 5.32. The van der Waals surface area contributed by atoms with E-state index < -0.39 is 0 Å². The monoisotopic (exact) mass is 142 g/mol. The van der Waals surface area contributed by atoms with Crippen LogP contribution in [0.2, 0.25) is 0 Å². The lowest BCUT2D eigenvalue weighted by Crippen LogP contribution is -2.08. The molecule has 0 aromatic rings. The van der Waals surface area contributed by atoms with E-state index in [-0.39, 0.29) is 0 Å². The number of ether oxygens (including phenoxy) is 1. The van der Waals surface area contributed by atoms with Gasteiger partial charge in [0.25, 0.3) is 0 Å². The van der Waals surface area contributed by atoms with E-state index >= 15 is 0 Å². The van der Waals surface area contributed by atoms with Crippen molar-refractivity contribution in [3.8, 4) is 0 Å². The molecule has 0 heterocycles. The molecule has 10 heavy (non-hydrogen) atoms. The minimum atomic E-state index is 0.427. The van der Waals surface area contributed by atoms with Crippen LogP contribution in [0.5, 0.6) is 0 Å². The molecule has 1 atom stereocenters. The normalized spacial score (nSPS) is 13.1. The first-order valence-corrected chi connectivity index (χ1v) is 3.87. The van der Waals surface area contributed by atoms with Crippen molar-refractivity contribution < 1.29 is 4.74 Å². The Morgan fingerprint density at radius 1 is 1.60 bits per heavy atom. The van der Waals surface area contributed by atoms with Gasteiger partial charge >= 0.3 is 0 Å². The van der Waals surface area contributed by atoms with Gasteiger partial charge in [-0.2, -0.15) is 0 Å². The van der Waals surface area contributed by atoms with Gasteiger partial charge in [0.2, 0.25) is 0 Å². The second-order valence-corrected chi connectivity index (χ2v) is 2.76. The molecular weight excluding hydrogens is 124 g/mol. The quantitative estimate of drug-likeness (QED) is 0.536. The van der Waals surface area contributed by atoms with Crippen molar-refractivity contribution in [1.82, 2.24) is 0 Å². The van der Waals surface area contributed by atoms with E-state index in [2.05, 4.69) is 20.4 Å². The number of allylic oxidation sites excluding steroid dienone is 1. The lowest BCUT2D eigenvalue weighted by molar-refractivity contribution is 0.0925. The van der Waals surface area contributed by atoms with Crippen molar-refractivity contribution in [2.75, 3.05) is 7.11 Å². The molecule has 0 rings (SSSR count). The maximum atomic E-state index is 5.21. The maximum Gasteiger partial charge on any atom is 0.0571 e. The van der Waals surface area contributed by atoms with Gasteiger partial charge in [-0.1, -0.05) is 12.5 Å². The second kappa shape index (κ2) is 5.48. The fraction of sp³-hybridized carbons (Fsp3) is 0.778. The van der Waals surface area contributed by atoms with Crippen LogP contribution in [0, 0.1) is 0 Å². The van der Waals surface area contributed by atoms with Crippen LogP contribution >= 0.6 is 0 Å². The van der Waals surface area contributed by atoms with Crippen LogP contribution in [0.4, 0.5) is 0 Å². The average molecular weight is 142 g/mol. The highest BCUT2D eigenvalue weighted by Crippen LogP contribution is 2.09. The lowest BCUT2D eigenvalue weighted by Gasteiger charge is -2.11. The van der Waals surface area contributed by atoms with E-state index in [0.29, 0.717) is 6.10 Å². The predicted octanol–water partition coefficient (Wildman–Crippen LogP) is 2.77. The van der Waals surface area contributed by atoms with Crippen molar-refractivity contribution in [1.29, 1.82) is 0 Å². The van der Waals surface area contributed by atoms with Gasteiger partial charge in [0.15, 0.2) is 0 Å². The van der Waals surface area contributed by atoms with Gasteiger partial charge in [0.05, 0.1) is 6.10 Å². The maximum absolute atomic E-state index is 5.21. The Labute approximate surface area is 64.1 Å². The van der Waals surface area contributed by atoms with E-state index in [4.69, 9.17) is 4.74 Å². The Morgan fingerprint density at radius 2 is 2.20 bits per heavy atom. The first kappa shape index (κ1) is 9.70.